The van der Waals surface area contributed by atoms with Crippen LogP contribution in [0.1, 0.15) is 40.5 Å². The molecule has 1 aliphatic heterocycles. The van der Waals surface area contributed by atoms with Crippen molar-refractivity contribution in [1.29, 1.82) is 0 Å². The second-order valence-electron chi connectivity index (χ2n) is 7.17. The largest absolute Gasteiger partial charge is 0.353 e. The maximum atomic E-state index is 11.4. The van der Waals surface area contributed by atoms with Gasteiger partial charge in [0.05, 0.1) is 0 Å². The highest BCUT2D eigenvalue weighted by atomic mass is 16.1. The molecule has 1 aliphatic carbocycles. The number of carbonyl (C=O) groups excluding carboxylic acids is 1. The predicted molar refractivity (Wildman–Crippen MR) is 83.4 cm³/mol. The lowest BCUT2D eigenvalue weighted by molar-refractivity contribution is -0.120. The zero-order valence-electron chi connectivity index (χ0n) is 13.3. The highest BCUT2D eigenvalue weighted by Crippen LogP contribution is 2.52. The molecular weight excluding hydrogens is 248 g/mol. The Kier molecular flexibility index (Phi) is 4.10. The molecule has 3 nitrogen and oxygen atoms in total. The number of hydrogen-bond acceptors (Lipinski definition) is 2. The van der Waals surface area contributed by atoms with Crippen molar-refractivity contribution in [2.75, 3.05) is 19.6 Å². The maximum absolute atomic E-state index is 11.4. The van der Waals surface area contributed by atoms with Gasteiger partial charge in [0, 0.05) is 43.4 Å². The van der Waals surface area contributed by atoms with Crippen LogP contribution in [0, 0.1) is 10.8 Å². The molecule has 2 atom stereocenters. The van der Waals surface area contributed by atoms with E-state index < -0.39 is 0 Å². The lowest BCUT2D eigenvalue weighted by Crippen LogP contribution is -2.56. The third kappa shape index (κ3) is 2.69. The summed E-state index contributed by atoms with van der Waals surface area (Å²) in [5, 5.41) is 3.15. The number of hydrogen-bond donors (Lipinski definition) is 1. The first-order valence-corrected chi connectivity index (χ1v) is 7.61. The average Bonchev–Trinajstić information content (AvgIpc) is 2.33. The van der Waals surface area contributed by atoms with Crippen LogP contribution in [-0.4, -0.2) is 36.5 Å². The molecule has 2 aliphatic rings. The lowest BCUT2D eigenvalue weighted by atomic mass is 9.57. The normalized spacial score (nSPS) is 33.0. The molecular formula is C17H28N2O. The number of nitrogens with zero attached hydrogens (tertiary/aromatic N) is 1. The van der Waals surface area contributed by atoms with E-state index in [-0.39, 0.29) is 22.8 Å². The van der Waals surface area contributed by atoms with Gasteiger partial charge in [-0.25, -0.2) is 0 Å². The zero-order chi connectivity index (χ0) is 15.0. The van der Waals surface area contributed by atoms with Crippen LogP contribution in [0.15, 0.2) is 24.3 Å². The van der Waals surface area contributed by atoms with E-state index in [1.807, 2.05) is 6.08 Å². The molecule has 1 N–H and O–H groups in total. The van der Waals surface area contributed by atoms with E-state index in [1.54, 1.807) is 6.92 Å². The predicted octanol–water partition coefficient (Wildman–Crippen LogP) is 2.75. The van der Waals surface area contributed by atoms with Crippen molar-refractivity contribution in [3.63, 3.8) is 0 Å². The fourth-order valence-electron chi connectivity index (χ4n) is 4.20. The monoisotopic (exact) mass is 276 g/mol. The molecule has 0 aromatic rings. The summed E-state index contributed by atoms with van der Waals surface area (Å²) in [7, 11) is 0. The topological polar surface area (TPSA) is 32.3 Å². The van der Waals surface area contributed by atoms with Crippen molar-refractivity contribution in [2.45, 2.75) is 46.6 Å². The van der Waals surface area contributed by atoms with E-state index in [0.29, 0.717) is 0 Å². The third-order valence-corrected chi connectivity index (χ3v) is 5.09. The Hall–Kier alpha value is -1.09. The number of amides is 1. The molecule has 112 valence electrons. The molecule has 0 radical (unpaired) electrons. The van der Waals surface area contributed by atoms with Crippen molar-refractivity contribution in [1.82, 2.24) is 10.2 Å². The molecule has 1 heterocycles. The summed E-state index contributed by atoms with van der Waals surface area (Å²) in [4.78, 5) is 13.9. The van der Waals surface area contributed by atoms with E-state index in [0.717, 1.165) is 32.5 Å². The minimum absolute atomic E-state index is 0.0406. The van der Waals surface area contributed by atoms with E-state index >= 15 is 0 Å². The van der Waals surface area contributed by atoms with Gasteiger partial charge in [0.25, 0.3) is 0 Å². The molecule has 1 saturated carbocycles. The molecule has 0 bridgehead atoms. The van der Waals surface area contributed by atoms with Crippen LogP contribution >= 0.6 is 0 Å². The molecule has 0 unspecified atom stereocenters. The van der Waals surface area contributed by atoms with Gasteiger partial charge in [-0.1, -0.05) is 38.5 Å². The standard InChI is InChI=1S/C17H28N2O/c1-6-10-19-11-8-14-16(3,4)15(18-13(2)20)7-9-17(14,5)12-19/h6,8,15H,1,7,9-12H2,2-5H3,(H,18,20)/t15-,17+/m0/s1. The van der Waals surface area contributed by atoms with Crippen molar-refractivity contribution in [2.24, 2.45) is 10.8 Å². The second-order valence-corrected chi connectivity index (χ2v) is 7.17. The van der Waals surface area contributed by atoms with Gasteiger partial charge in [-0.05, 0) is 12.8 Å². The van der Waals surface area contributed by atoms with Crippen LogP contribution in [0.5, 0.6) is 0 Å². The Bertz CT molecular complexity index is 438. The fourth-order valence-corrected chi connectivity index (χ4v) is 4.20. The van der Waals surface area contributed by atoms with Gasteiger partial charge < -0.3 is 5.32 Å². The molecule has 20 heavy (non-hydrogen) atoms. The smallest absolute Gasteiger partial charge is 0.217 e. The molecule has 0 aromatic carbocycles. The van der Waals surface area contributed by atoms with E-state index in [1.165, 1.54) is 5.57 Å². The van der Waals surface area contributed by atoms with Crippen molar-refractivity contribution in [3.8, 4) is 0 Å². The Balaban J connectivity index is 2.26. The summed E-state index contributed by atoms with van der Waals surface area (Å²) in [6.45, 7) is 15.4. The van der Waals surface area contributed by atoms with Gasteiger partial charge in [-0.15, -0.1) is 6.58 Å². The van der Waals surface area contributed by atoms with Crippen LogP contribution in [0.3, 0.4) is 0 Å². The zero-order valence-corrected chi connectivity index (χ0v) is 13.3. The van der Waals surface area contributed by atoms with Crippen LogP contribution < -0.4 is 5.32 Å². The van der Waals surface area contributed by atoms with Crippen molar-refractivity contribution < 1.29 is 4.79 Å². The minimum Gasteiger partial charge on any atom is -0.353 e. The van der Waals surface area contributed by atoms with Crippen molar-refractivity contribution >= 4 is 5.91 Å². The third-order valence-electron chi connectivity index (χ3n) is 5.09. The molecule has 0 spiro atoms. The maximum Gasteiger partial charge on any atom is 0.217 e. The summed E-state index contributed by atoms with van der Waals surface area (Å²) in [5.41, 5.74) is 1.80. The molecule has 3 heteroatoms. The summed E-state index contributed by atoms with van der Waals surface area (Å²) in [6, 6.07) is 0.255. The summed E-state index contributed by atoms with van der Waals surface area (Å²) in [5.74, 6) is 0.0800. The molecule has 1 amide bonds. The Morgan fingerprint density at radius 1 is 1.55 bits per heavy atom. The molecule has 0 aromatic heterocycles. The number of fused-ring (bicyclic) bond motifs is 1. The first-order valence-electron chi connectivity index (χ1n) is 7.61. The Morgan fingerprint density at radius 3 is 2.85 bits per heavy atom. The van der Waals surface area contributed by atoms with Gasteiger partial charge in [0.15, 0.2) is 0 Å². The van der Waals surface area contributed by atoms with E-state index in [4.69, 9.17) is 0 Å². The van der Waals surface area contributed by atoms with Gasteiger partial charge >= 0.3 is 0 Å². The fraction of sp³-hybridized carbons (Fsp3) is 0.706. The lowest BCUT2D eigenvalue weighted by Gasteiger charge is -2.54. The van der Waals surface area contributed by atoms with Crippen LogP contribution in [0.2, 0.25) is 0 Å². The summed E-state index contributed by atoms with van der Waals surface area (Å²) < 4.78 is 0. The highest BCUT2D eigenvalue weighted by molar-refractivity contribution is 5.73. The summed E-state index contributed by atoms with van der Waals surface area (Å²) in [6.07, 6.45) is 6.57. The van der Waals surface area contributed by atoms with Crippen LogP contribution in [0.25, 0.3) is 0 Å². The van der Waals surface area contributed by atoms with Gasteiger partial charge in [-0.2, -0.15) is 0 Å². The minimum atomic E-state index is 0.0406. The molecule has 2 rings (SSSR count). The van der Waals surface area contributed by atoms with Gasteiger partial charge in [0.2, 0.25) is 5.91 Å². The van der Waals surface area contributed by atoms with Gasteiger partial charge in [0.1, 0.15) is 0 Å². The quantitative estimate of drug-likeness (QED) is 0.804. The number of rotatable bonds is 3. The van der Waals surface area contributed by atoms with Crippen molar-refractivity contribution in [3.05, 3.63) is 24.3 Å². The SMILES string of the molecule is C=CCN1CC=C2C(C)(C)[C@@H](NC(C)=O)CC[C@]2(C)C1. The van der Waals surface area contributed by atoms with E-state index in [2.05, 4.69) is 43.6 Å². The van der Waals surface area contributed by atoms with E-state index in [9.17, 15) is 4.79 Å². The Labute approximate surface area is 123 Å². The van der Waals surface area contributed by atoms with Crippen LogP contribution in [0.4, 0.5) is 0 Å². The summed E-state index contributed by atoms with van der Waals surface area (Å²) >= 11 is 0. The number of carbonyl (C=O) groups is 1. The molecule has 1 fully saturated rings. The first-order chi connectivity index (χ1) is 9.29. The first kappa shape index (κ1) is 15.3. The molecule has 0 saturated heterocycles. The second kappa shape index (κ2) is 5.36. The number of nitrogens with one attached hydrogen (secondary N) is 1. The Morgan fingerprint density at radius 2 is 2.25 bits per heavy atom. The average molecular weight is 276 g/mol. The van der Waals surface area contributed by atoms with Gasteiger partial charge in [-0.3, -0.25) is 9.69 Å². The van der Waals surface area contributed by atoms with Crippen LogP contribution in [-0.2, 0) is 4.79 Å². The highest BCUT2D eigenvalue weighted by Gasteiger charge is 2.48.